The SMILES string of the molecule is Cc1ccc2ccc(CN)cc2c1. The van der Waals surface area contributed by atoms with Gasteiger partial charge >= 0.3 is 0 Å². The van der Waals surface area contributed by atoms with Gasteiger partial charge in [-0.1, -0.05) is 35.9 Å². The first-order valence-electron chi connectivity index (χ1n) is 4.49. The van der Waals surface area contributed by atoms with Gasteiger partial charge in [-0.3, -0.25) is 0 Å². The third-order valence-corrected chi connectivity index (χ3v) is 2.30. The van der Waals surface area contributed by atoms with Gasteiger partial charge in [-0.25, -0.2) is 0 Å². The molecule has 0 aliphatic carbocycles. The summed E-state index contributed by atoms with van der Waals surface area (Å²) in [5.41, 5.74) is 8.06. The largest absolute Gasteiger partial charge is 0.326 e. The lowest BCUT2D eigenvalue weighted by molar-refractivity contribution is 1.08. The van der Waals surface area contributed by atoms with Gasteiger partial charge in [0.25, 0.3) is 0 Å². The quantitative estimate of drug-likeness (QED) is 0.701. The fraction of sp³-hybridized carbons (Fsp3) is 0.167. The van der Waals surface area contributed by atoms with Crippen molar-refractivity contribution in [3.8, 4) is 0 Å². The van der Waals surface area contributed by atoms with E-state index in [0.29, 0.717) is 6.54 Å². The molecule has 2 aromatic carbocycles. The Morgan fingerprint density at radius 2 is 1.77 bits per heavy atom. The topological polar surface area (TPSA) is 26.0 Å². The van der Waals surface area contributed by atoms with Crippen LogP contribution in [0.1, 0.15) is 11.1 Å². The molecule has 0 bridgehead atoms. The summed E-state index contributed by atoms with van der Waals surface area (Å²) in [5, 5.41) is 2.56. The second-order valence-electron chi connectivity index (χ2n) is 3.39. The van der Waals surface area contributed by atoms with E-state index in [-0.39, 0.29) is 0 Å². The van der Waals surface area contributed by atoms with Gasteiger partial charge in [0.05, 0.1) is 0 Å². The Balaban J connectivity index is 2.68. The lowest BCUT2D eigenvalue weighted by atomic mass is 10.0. The molecule has 0 radical (unpaired) electrons. The molecule has 1 heteroatoms. The van der Waals surface area contributed by atoms with Gasteiger partial charge in [0.2, 0.25) is 0 Å². The predicted octanol–water partition coefficient (Wildman–Crippen LogP) is 2.61. The standard InChI is InChI=1S/C12H13N/c1-9-2-4-11-5-3-10(8-13)7-12(11)6-9/h2-7H,8,13H2,1H3. The molecule has 2 aromatic rings. The van der Waals surface area contributed by atoms with Gasteiger partial charge in [0.1, 0.15) is 0 Å². The summed E-state index contributed by atoms with van der Waals surface area (Å²) in [4.78, 5) is 0. The van der Waals surface area contributed by atoms with E-state index >= 15 is 0 Å². The van der Waals surface area contributed by atoms with Crippen molar-refractivity contribution in [1.29, 1.82) is 0 Å². The summed E-state index contributed by atoms with van der Waals surface area (Å²) in [6.45, 7) is 2.72. The van der Waals surface area contributed by atoms with Crippen LogP contribution < -0.4 is 5.73 Å². The maximum atomic E-state index is 5.58. The van der Waals surface area contributed by atoms with Crippen molar-refractivity contribution in [3.63, 3.8) is 0 Å². The third-order valence-electron chi connectivity index (χ3n) is 2.30. The van der Waals surface area contributed by atoms with Crippen molar-refractivity contribution in [2.45, 2.75) is 13.5 Å². The minimum Gasteiger partial charge on any atom is -0.326 e. The van der Waals surface area contributed by atoms with E-state index in [0.717, 1.165) is 0 Å². The minimum absolute atomic E-state index is 0.615. The fourth-order valence-corrected chi connectivity index (χ4v) is 1.54. The molecule has 13 heavy (non-hydrogen) atoms. The van der Waals surface area contributed by atoms with Crippen molar-refractivity contribution in [1.82, 2.24) is 0 Å². The van der Waals surface area contributed by atoms with Gasteiger partial charge in [-0.05, 0) is 29.3 Å². The average Bonchev–Trinajstić information content (AvgIpc) is 2.16. The first-order valence-corrected chi connectivity index (χ1v) is 4.49. The molecule has 0 atom stereocenters. The average molecular weight is 171 g/mol. The molecule has 66 valence electrons. The monoisotopic (exact) mass is 171 g/mol. The maximum Gasteiger partial charge on any atom is 0.0178 e. The molecule has 0 saturated heterocycles. The summed E-state index contributed by atoms with van der Waals surface area (Å²) >= 11 is 0. The zero-order chi connectivity index (χ0) is 9.26. The van der Waals surface area contributed by atoms with Crippen LogP contribution in [0, 0.1) is 6.92 Å². The van der Waals surface area contributed by atoms with Crippen LogP contribution in [-0.4, -0.2) is 0 Å². The first kappa shape index (κ1) is 8.27. The molecule has 0 spiro atoms. The van der Waals surface area contributed by atoms with Crippen LogP contribution >= 0.6 is 0 Å². The lowest BCUT2D eigenvalue weighted by Gasteiger charge is -2.01. The van der Waals surface area contributed by atoms with Crippen molar-refractivity contribution >= 4 is 10.8 Å². The number of hydrogen-bond acceptors (Lipinski definition) is 1. The molecule has 2 N–H and O–H groups in total. The highest BCUT2D eigenvalue weighted by Crippen LogP contribution is 2.17. The summed E-state index contributed by atoms with van der Waals surface area (Å²) in [6.07, 6.45) is 0. The molecule has 0 aliphatic heterocycles. The van der Waals surface area contributed by atoms with Gasteiger partial charge < -0.3 is 5.73 Å². The van der Waals surface area contributed by atoms with Crippen LogP contribution in [0.4, 0.5) is 0 Å². The number of fused-ring (bicyclic) bond motifs is 1. The molecule has 2 rings (SSSR count). The summed E-state index contributed by atoms with van der Waals surface area (Å²) < 4.78 is 0. The third kappa shape index (κ3) is 1.56. The highest BCUT2D eigenvalue weighted by molar-refractivity contribution is 5.83. The molecule has 0 fully saturated rings. The Labute approximate surface area is 78.2 Å². The van der Waals surface area contributed by atoms with E-state index in [9.17, 15) is 0 Å². The highest BCUT2D eigenvalue weighted by Gasteiger charge is 1.94. The molecule has 0 aliphatic rings. The van der Waals surface area contributed by atoms with Gasteiger partial charge in [0, 0.05) is 6.54 Å². The summed E-state index contributed by atoms with van der Waals surface area (Å²) in [6, 6.07) is 12.8. The molecule has 0 amide bonds. The number of benzene rings is 2. The summed E-state index contributed by atoms with van der Waals surface area (Å²) in [5.74, 6) is 0. The smallest absolute Gasteiger partial charge is 0.0178 e. The Bertz CT molecular complexity index is 432. The van der Waals surface area contributed by atoms with Crippen LogP contribution in [0.15, 0.2) is 36.4 Å². The van der Waals surface area contributed by atoms with E-state index in [4.69, 9.17) is 5.73 Å². The second-order valence-corrected chi connectivity index (χ2v) is 3.39. The van der Waals surface area contributed by atoms with Gasteiger partial charge in [-0.15, -0.1) is 0 Å². The van der Waals surface area contributed by atoms with E-state index in [1.165, 1.54) is 21.9 Å². The lowest BCUT2D eigenvalue weighted by Crippen LogP contribution is -1.95. The fourth-order valence-electron chi connectivity index (χ4n) is 1.54. The van der Waals surface area contributed by atoms with Gasteiger partial charge in [-0.2, -0.15) is 0 Å². The molecule has 0 aromatic heterocycles. The Kier molecular flexibility index (Phi) is 2.03. The molecule has 0 unspecified atom stereocenters. The Morgan fingerprint density at radius 1 is 1.00 bits per heavy atom. The van der Waals surface area contributed by atoms with E-state index in [1.54, 1.807) is 0 Å². The van der Waals surface area contributed by atoms with Crippen molar-refractivity contribution < 1.29 is 0 Å². The number of hydrogen-bond donors (Lipinski definition) is 1. The van der Waals surface area contributed by atoms with Crippen molar-refractivity contribution in [2.24, 2.45) is 5.73 Å². The Morgan fingerprint density at radius 3 is 2.54 bits per heavy atom. The van der Waals surface area contributed by atoms with Gasteiger partial charge in [0.15, 0.2) is 0 Å². The van der Waals surface area contributed by atoms with Crippen molar-refractivity contribution in [2.75, 3.05) is 0 Å². The predicted molar refractivity (Wildman–Crippen MR) is 56.6 cm³/mol. The van der Waals surface area contributed by atoms with Crippen LogP contribution in [0.5, 0.6) is 0 Å². The normalized spacial score (nSPS) is 10.6. The molecular formula is C12H13N. The number of rotatable bonds is 1. The van der Waals surface area contributed by atoms with Crippen LogP contribution in [0.2, 0.25) is 0 Å². The van der Waals surface area contributed by atoms with Crippen LogP contribution in [-0.2, 0) is 6.54 Å². The Hall–Kier alpha value is -1.34. The maximum absolute atomic E-state index is 5.58. The first-order chi connectivity index (χ1) is 6.29. The molecule has 1 nitrogen and oxygen atoms in total. The highest BCUT2D eigenvalue weighted by atomic mass is 14.5. The van der Waals surface area contributed by atoms with Crippen molar-refractivity contribution in [3.05, 3.63) is 47.5 Å². The molecular weight excluding hydrogens is 158 g/mol. The number of aryl methyl sites for hydroxylation is 1. The van der Waals surface area contributed by atoms with Crippen LogP contribution in [0.25, 0.3) is 10.8 Å². The van der Waals surface area contributed by atoms with Crippen LogP contribution in [0.3, 0.4) is 0 Å². The van der Waals surface area contributed by atoms with E-state index in [2.05, 4.69) is 43.3 Å². The van der Waals surface area contributed by atoms with E-state index in [1.807, 2.05) is 0 Å². The number of nitrogens with two attached hydrogens (primary N) is 1. The molecule has 0 heterocycles. The zero-order valence-corrected chi connectivity index (χ0v) is 7.75. The zero-order valence-electron chi connectivity index (χ0n) is 7.75. The van der Waals surface area contributed by atoms with E-state index < -0.39 is 0 Å². The second kappa shape index (κ2) is 3.19. The minimum atomic E-state index is 0.615. The summed E-state index contributed by atoms with van der Waals surface area (Å²) in [7, 11) is 0. The molecule has 0 saturated carbocycles.